The van der Waals surface area contributed by atoms with Crippen molar-refractivity contribution in [3.8, 4) is 0 Å². The molecule has 0 aliphatic carbocycles. The second-order valence-electron chi connectivity index (χ2n) is 20.9. The molecule has 1 unspecified atom stereocenters. The van der Waals surface area contributed by atoms with Gasteiger partial charge >= 0.3 is 17.9 Å². The zero-order valence-electron chi connectivity index (χ0n) is 52.0. The molecule has 0 rings (SSSR count). The number of hydrogen-bond donors (Lipinski definition) is 0. The molecule has 0 aliphatic rings. The molecule has 0 fully saturated rings. The van der Waals surface area contributed by atoms with Gasteiger partial charge in [-0.2, -0.15) is 0 Å². The first-order valence-corrected chi connectivity index (χ1v) is 32.6. The zero-order chi connectivity index (χ0) is 58.5. The number of esters is 3. The molecule has 6 nitrogen and oxygen atoms in total. The minimum absolute atomic E-state index is 0.110. The Kier molecular flexibility index (Phi) is 62.9. The number of unbranched alkanes of at least 4 members (excludes halogenated alkanes) is 18. The number of rotatable bonds is 57. The van der Waals surface area contributed by atoms with Crippen LogP contribution in [0, 0.1) is 0 Å². The zero-order valence-corrected chi connectivity index (χ0v) is 52.0. The lowest BCUT2D eigenvalue weighted by Gasteiger charge is -2.18. The molecular weight excluding hydrogens is 997 g/mol. The summed E-state index contributed by atoms with van der Waals surface area (Å²) in [7, 11) is 0. The predicted molar refractivity (Wildman–Crippen MR) is 352 cm³/mol. The first-order valence-electron chi connectivity index (χ1n) is 32.6. The van der Waals surface area contributed by atoms with Gasteiger partial charge < -0.3 is 14.2 Å². The number of carbonyl (C=O) groups is 3. The summed E-state index contributed by atoms with van der Waals surface area (Å²) in [5.74, 6) is -0.987. The Morgan fingerprint density at radius 1 is 0.247 bits per heavy atom. The van der Waals surface area contributed by atoms with Gasteiger partial charge in [-0.05, 0) is 141 Å². The van der Waals surface area contributed by atoms with Crippen LogP contribution in [-0.2, 0) is 28.6 Å². The second kappa shape index (κ2) is 67.3. The van der Waals surface area contributed by atoms with Crippen LogP contribution in [0.15, 0.2) is 170 Å². The van der Waals surface area contributed by atoms with Crippen LogP contribution in [0.1, 0.15) is 265 Å². The van der Waals surface area contributed by atoms with Crippen LogP contribution in [0.5, 0.6) is 0 Å². The van der Waals surface area contributed by atoms with Crippen molar-refractivity contribution in [2.45, 2.75) is 271 Å². The van der Waals surface area contributed by atoms with Crippen LogP contribution >= 0.6 is 0 Å². The topological polar surface area (TPSA) is 78.9 Å². The van der Waals surface area contributed by atoms with Crippen LogP contribution in [0.3, 0.4) is 0 Å². The van der Waals surface area contributed by atoms with Crippen molar-refractivity contribution in [2.24, 2.45) is 0 Å². The molecule has 0 spiro atoms. The van der Waals surface area contributed by atoms with Crippen molar-refractivity contribution in [1.82, 2.24) is 0 Å². The largest absolute Gasteiger partial charge is 0.462 e. The molecule has 0 aromatic rings. The molecule has 1 atom stereocenters. The van der Waals surface area contributed by atoms with E-state index in [2.05, 4.69) is 191 Å². The first-order chi connectivity index (χ1) is 40.0. The molecule has 0 saturated carbocycles. The van der Waals surface area contributed by atoms with E-state index < -0.39 is 6.10 Å². The molecule has 0 bridgehead atoms. The van der Waals surface area contributed by atoms with E-state index >= 15 is 0 Å². The van der Waals surface area contributed by atoms with Crippen LogP contribution in [0.4, 0.5) is 0 Å². The number of allylic oxidation sites excluding steroid dienone is 28. The van der Waals surface area contributed by atoms with Crippen LogP contribution in [-0.4, -0.2) is 37.2 Å². The van der Waals surface area contributed by atoms with Crippen molar-refractivity contribution < 1.29 is 28.6 Å². The van der Waals surface area contributed by atoms with Crippen molar-refractivity contribution in [3.05, 3.63) is 170 Å². The smallest absolute Gasteiger partial charge is 0.306 e. The fraction of sp³-hybridized carbons (Fsp3) is 0.587. The lowest BCUT2D eigenvalue weighted by atomic mass is 10.1. The summed E-state index contributed by atoms with van der Waals surface area (Å²) in [5.41, 5.74) is 0. The molecule has 0 aromatic carbocycles. The SMILES string of the molecule is CC/C=C\C/C=C\C/C=C\C/C=C\C/C=C\CCCCCCCCCCCC(=O)OCC(COC(=O)CCC/C=C\C/C=C\C/C=C\C/C=C\C/C=C\CC)OC(=O)CCCCCCCCCC/C=C\C/C=C\C/C=C\C/C=C\CC. The van der Waals surface area contributed by atoms with Gasteiger partial charge in [-0.3, -0.25) is 14.4 Å². The van der Waals surface area contributed by atoms with E-state index in [0.717, 1.165) is 148 Å². The van der Waals surface area contributed by atoms with Crippen LogP contribution in [0.25, 0.3) is 0 Å². The fourth-order valence-corrected chi connectivity index (χ4v) is 8.44. The molecule has 0 aliphatic heterocycles. The highest BCUT2D eigenvalue weighted by molar-refractivity contribution is 5.71. The Labute approximate surface area is 498 Å². The summed E-state index contributed by atoms with van der Waals surface area (Å²) >= 11 is 0. The maximum Gasteiger partial charge on any atom is 0.306 e. The van der Waals surface area contributed by atoms with E-state index in [9.17, 15) is 14.4 Å². The van der Waals surface area contributed by atoms with E-state index in [-0.39, 0.29) is 37.5 Å². The Hall–Kier alpha value is -5.23. The van der Waals surface area contributed by atoms with Gasteiger partial charge in [0.2, 0.25) is 0 Å². The third-order valence-electron chi connectivity index (χ3n) is 13.2. The van der Waals surface area contributed by atoms with Gasteiger partial charge in [0, 0.05) is 19.3 Å². The minimum atomic E-state index is -0.819. The van der Waals surface area contributed by atoms with Gasteiger partial charge in [-0.1, -0.05) is 274 Å². The molecule has 6 heteroatoms. The Morgan fingerprint density at radius 2 is 0.457 bits per heavy atom. The summed E-state index contributed by atoms with van der Waals surface area (Å²) in [6, 6.07) is 0. The van der Waals surface area contributed by atoms with Gasteiger partial charge in [-0.15, -0.1) is 0 Å². The van der Waals surface area contributed by atoms with E-state index in [1.807, 2.05) is 0 Å². The average Bonchev–Trinajstić information content (AvgIpc) is 3.47. The highest BCUT2D eigenvalue weighted by Gasteiger charge is 2.19. The Bertz CT molecular complexity index is 1860. The summed E-state index contributed by atoms with van der Waals surface area (Å²) in [6.45, 7) is 6.24. The molecule has 81 heavy (non-hydrogen) atoms. The van der Waals surface area contributed by atoms with Crippen molar-refractivity contribution in [2.75, 3.05) is 13.2 Å². The lowest BCUT2D eigenvalue weighted by Crippen LogP contribution is -2.30. The highest BCUT2D eigenvalue weighted by atomic mass is 16.6. The highest BCUT2D eigenvalue weighted by Crippen LogP contribution is 2.15. The standard InChI is InChI=1S/C75H118O6/c1-4-7-10-13-16-19-22-25-28-31-33-35-36-37-38-40-41-44-47-50-53-56-59-62-65-68-74(77)80-71-72(70-79-73(76)67-64-61-58-55-52-49-46-43-30-27-24-21-18-15-12-9-6-3)81-75(78)69-66-63-60-57-54-51-48-45-42-39-34-32-29-26-23-20-17-14-11-8-5-2/h7-12,16-21,25-30,33-35,37-39,46,49,55,58,72H,4-6,13-15,22-24,31-32,36,40-45,47-48,50-54,56-57,59-71H2,1-3H3/b10-7-,11-8-,12-9-,19-16-,20-17-,21-18-,28-25-,29-26-,30-27-,35-33-,38-37-,39-34-,49-46-,58-55-. The number of carbonyl (C=O) groups excluding carboxylic acids is 3. The molecule has 0 heterocycles. The number of hydrogen-bond acceptors (Lipinski definition) is 6. The van der Waals surface area contributed by atoms with Gasteiger partial charge in [-0.25, -0.2) is 0 Å². The first kappa shape index (κ1) is 75.8. The fourth-order valence-electron chi connectivity index (χ4n) is 8.44. The molecule has 0 radical (unpaired) electrons. The van der Waals surface area contributed by atoms with Gasteiger partial charge in [0.15, 0.2) is 6.10 Å². The molecule has 0 aromatic heterocycles. The van der Waals surface area contributed by atoms with E-state index in [1.165, 1.54) is 70.6 Å². The van der Waals surface area contributed by atoms with E-state index in [4.69, 9.17) is 14.2 Å². The summed E-state index contributed by atoms with van der Waals surface area (Å²) < 4.78 is 16.9. The maximum absolute atomic E-state index is 12.9. The van der Waals surface area contributed by atoms with Gasteiger partial charge in [0.1, 0.15) is 13.2 Å². The van der Waals surface area contributed by atoms with E-state index in [0.29, 0.717) is 19.3 Å². The molecular formula is C75H118O6. The molecule has 0 saturated heterocycles. The Balaban J connectivity index is 4.49. The van der Waals surface area contributed by atoms with Crippen molar-refractivity contribution >= 4 is 17.9 Å². The summed E-state index contributed by atoms with van der Waals surface area (Å²) in [5, 5.41) is 0. The summed E-state index contributed by atoms with van der Waals surface area (Å²) in [6.07, 6.45) is 99.3. The Morgan fingerprint density at radius 3 is 0.741 bits per heavy atom. The van der Waals surface area contributed by atoms with Crippen molar-refractivity contribution in [3.63, 3.8) is 0 Å². The third-order valence-corrected chi connectivity index (χ3v) is 13.2. The monoisotopic (exact) mass is 1110 g/mol. The minimum Gasteiger partial charge on any atom is -0.462 e. The van der Waals surface area contributed by atoms with Gasteiger partial charge in [0.25, 0.3) is 0 Å². The normalized spacial score (nSPS) is 13.3. The van der Waals surface area contributed by atoms with Crippen molar-refractivity contribution in [1.29, 1.82) is 0 Å². The maximum atomic E-state index is 12.9. The van der Waals surface area contributed by atoms with Gasteiger partial charge in [0.05, 0.1) is 0 Å². The predicted octanol–water partition coefficient (Wildman–Crippen LogP) is 22.7. The third kappa shape index (κ3) is 65.5. The average molecular weight is 1120 g/mol. The molecule has 0 amide bonds. The summed E-state index contributed by atoms with van der Waals surface area (Å²) in [4.78, 5) is 38.4. The number of ether oxygens (including phenoxy) is 3. The van der Waals surface area contributed by atoms with Crippen LogP contribution < -0.4 is 0 Å². The lowest BCUT2D eigenvalue weighted by molar-refractivity contribution is -0.167. The quantitative estimate of drug-likeness (QED) is 0.0261. The molecule has 0 N–H and O–H groups in total. The van der Waals surface area contributed by atoms with E-state index in [1.54, 1.807) is 0 Å². The van der Waals surface area contributed by atoms with Crippen LogP contribution in [0.2, 0.25) is 0 Å². The second-order valence-corrected chi connectivity index (χ2v) is 20.9. The molecule has 454 valence electrons.